The summed E-state index contributed by atoms with van der Waals surface area (Å²) in [7, 11) is -2.96. The summed E-state index contributed by atoms with van der Waals surface area (Å²) in [5.41, 5.74) is 12.2. The minimum Gasteiger partial charge on any atom is -0.309 e. The van der Waals surface area contributed by atoms with Gasteiger partial charge < -0.3 is 9.13 Å². The molecule has 0 unspecified atom stereocenters. The van der Waals surface area contributed by atoms with Crippen molar-refractivity contribution in [2.45, 2.75) is 0 Å². The molecule has 9 aromatic carbocycles. The molecular formula is C58H38N4Si. The molecule has 5 heteroatoms. The fraction of sp³-hybridized carbons (Fsp3) is 0. The van der Waals surface area contributed by atoms with E-state index >= 15 is 0 Å². The molecule has 4 nitrogen and oxygen atoms in total. The lowest BCUT2D eigenvalue weighted by atomic mass is 10.1. The molecule has 63 heavy (non-hydrogen) atoms. The van der Waals surface area contributed by atoms with Crippen LogP contribution in [0.15, 0.2) is 231 Å². The van der Waals surface area contributed by atoms with Crippen molar-refractivity contribution in [3.05, 3.63) is 231 Å². The average Bonchev–Trinajstić information content (AvgIpc) is 3.98. The zero-order chi connectivity index (χ0) is 41.5. The van der Waals surface area contributed by atoms with E-state index in [9.17, 15) is 0 Å². The summed E-state index contributed by atoms with van der Waals surface area (Å²) in [5.74, 6) is 0.726. The Bertz CT molecular complexity index is 3690. The van der Waals surface area contributed by atoms with Crippen molar-refractivity contribution >= 4 is 72.4 Å². The van der Waals surface area contributed by atoms with Gasteiger partial charge in [-0.25, -0.2) is 9.97 Å². The van der Waals surface area contributed by atoms with Gasteiger partial charge in [0, 0.05) is 54.8 Å². The third-order valence-corrected chi connectivity index (χ3v) is 18.0. The number of nitrogens with zero attached hydrogens (tertiary/aromatic N) is 4. The van der Waals surface area contributed by atoms with Crippen molar-refractivity contribution in [1.29, 1.82) is 0 Å². The van der Waals surface area contributed by atoms with Crippen molar-refractivity contribution in [2.75, 3.05) is 0 Å². The van der Waals surface area contributed by atoms with Gasteiger partial charge in [0.1, 0.15) is 0 Å². The van der Waals surface area contributed by atoms with E-state index < -0.39 is 8.07 Å². The first-order chi connectivity index (χ1) is 31.3. The molecule has 0 atom stereocenters. The van der Waals surface area contributed by atoms with E-state index in [-0.39, 0.29) is 0 Å². The van der Waals surface area contributed by atoms with Crippen molar-refractivity contribution in [1.82, 2.24) is 19.1 Å². The SMILES string of the molecule is c1ccc(-c2nc(-c3cccc(-n4c5ccccc5c5cc6c(cc54)c4ccccc4n6-c4ccccc4)c3)c3c(n2)-c2ccccc2[Si]3(c2ccccc2)c2ccccc2)cc1. The van der Waals surface area contributed by atoms with E-state index in [1.54, 1.807) is 0 Å². The normalized spacial score (nSPS) is 12.9. The van der Waals surface area contributed by atoms with Gasteiger partial charge in [0.05, 0.1) is 33.5 Å². The zero-order valence-electron chi connectivity index (χ0n) is 34.2. The summed E-state index contributed by atoms with van der Waals surface area (Å²) in [4.78, 5) is 11.2. The average molecular weight is 819 g/mol. The van der Waals surface area contributed by atoms with Crippen LogP contribution in [0.25, 0.3) is 88.9 Å². The lowest BCUT2D eigenvalue weighted by molar-refractivity contribution is 1.17. The summed E-state index contributed by atoms with van der Waals surface area (Å²) in [6.45, 7) is 0. The molecule has 294 valence electrons. The van der Waals surface area contributed by atoms with Gasteiger partial charge in [0.15, 0.2) is 13.9 Å². The van der Waals surface area contributed by atoms with Gasteiger partial charge in [-0.3, -0.25) is 0 Å². The number of hydrogen-bond donors (Lipinski definition) is 0. The number of fused-ring (bicyclic) bond motifs is 9. The van der Waals surface area contributed by atoms with Crippen LogP contribution in [0.5, 0.6) is 0 Å². The summed E-state index contributed by atoms with van der Waals surface area (Å²) < 4.78 is 4.86. The molecule has 0 saturated carbocycles. The van der Waals surface area contributed by atoms with Gasteiger partial charge in [-0.15, -0.1) is 0 Å². The monoisotopic (exact) mass is 818 g/mol. The van der Waals surface area contributed by atoms with Crippen LogP contribution in [0.1, 0.15) is 0 Å². The maximum Gasteiger partial charge on any atom is 0.185 e. The first-order valence-corrected chi connectivity index (χ1v) is 23.6. The third kappa shape index (κ3) is 5.21. The van der Waals surface area contributed by atoms with Gasteiger partial charge in [-0.2, -0.15) is 0 Å². The maximum atomic E-state index is 5.68. The van der Waals surface area contributed by atoms with E-state index in [1.165, 1.54) is 64.4 Å². The highest BCUT2D eigenvalue weighted by atomic mass is 28.3. The fourth-order valence-corrected chi connectivity index (χ4v) is 15.8. The Labute approximate surface area is 365 Å². The van der Waals surface area contributed by atoms with Gasteiger partial charge in [0.2, 0.25) is 0 Å². The minimum atomic E-state index is -2.96. The number of rotatable bonds is 6. The topological polar surface area (TPSA) is 35.6 Å². The van der Waals surface area contributed by atoms with E-state index in [0.29, 0.717) is 0 Å². The van der Waals surface area contributed by atoms with Gasteiger partial charge >= 0.3 is 0 Å². The molecule has 0 N–H and O–H groups in total. The Morgan fingerprint density at radius 3 is 1.44 bits per heavy atom. The van der Waals surface area contributed by atoms with Gasteiger partial charge in [-0.1, -0.05) is 182 Å². The van der Waals surface area contributed by atoms with Crippen molar-refractivity contribution in [3.63, 3.8) is 0 Å². The molecular weight excluding hydrogens is 781 g/mol. The van der Waals surface area contributed by atoms with Crippen LogP contribution in [0.2, 0.25) is 0 Å². The van der Waals surface area contributed by atoms with Crippen LogP contribution >= 0.6 is 0 Å². The quantitative estimate of drug-likeness (QED) is 0.157. The van der Waals surface area contributed by atoms with E-state index in [0.717, 1.165) is 45.2 Å². The molecule has 0 radical (unpaired) electrons. The largest absolute Gasteiger partial charge is 0.309 e. The molecule has 0 saturated heterocycles. The molecule has 0 bridgehead atoms. The Kier molecular flexibility index (Phi) is 7.89. The minimum absolute atomic E-state index is 0.726. The smallest absolute Gasteiger partial charge is 0.185 e. The molecule has 3 aromatic heterocycles. The summed E-state index contributed by atoms with van der Waals surface area (Å²) >= 11 is 0. The molecule has 12 aromatic rings. The Hall–Kier alpha value is -8.12. The summed E-state index contributed by atoms with van der Waals surface area (Å²) in [6.07, 6.45) is 0. The highest BCUT2D eigenvalue weighted by Crippen LogP contribution is 2.41. The zero-order valence-corrected chi connectivity index (χ0v) is 35.2. The lowest BCUT2D eigenvalue weighted by Crippen LogP contribution is -2.73. The number of para-hydroxylation sites is 3. The third-order valence-electron chi connectivity index (χ3n) is 13.2. The second-order valence-electron chi connectivity index (χ2n) is 16.5. The predicted molar refractivity (Wildman–Crippen MR) is 264 cm³/mol. The Morgan fingerprint density at radius 1 is 0.333 bits per heavy atom. The van der Waals surface area contributed by atoms with Crippen LogP contribution in [-0.2, 0) is 0 Å². The second-order valence-corrected chi connectivity index (χ2v) is 20.2. The summed E-state index contributed by atoms with van der Waals surface area (Å²) in [6, 6.07) is 83.9. The first kappa shape index (κ1) is 35.6. The number of benzene rings is 9. The Morgan fingerprint density at radius 2 is 0.810 bits per heavy atom. The van der Waals surface area contributed by atoms with Crippen LogP contribution in [0.3, 0.4) is 0 Å². The molecule has 0 amide bonds. The van der Waals surface area contributed by atoms with Crippen molar-refractivity contribution < 1.29 is 0 Å². The van der Waals surface area contributed by atoms with Crippen molar-refractivity contribution in [3.8, 4) is 45.3 Å². The molecule has 1 aliphatic heterocycles. The highest BCUT2D eigenvalue weighted by Gasteiger charge is 2.51. The highest BCUT2D eigenvalue weighted by molar-refractivity contribution is 7.22. The standard InChI is InChI=1S/C58H38N4Si/c1-5-20-39(21-6-1)58-59-55(57-56(60-58)47-32-15-18-35-54(47)63(57,43-26-9-3-10-27-43)44-28-11-4-12-29-44)40-22-19-25-42(36-40)62-51-34-17-14-31-46(51)49-37-52-48(38-53(49)62)45-30-13-16-33-50(45)61(52)41-23-7-2-8-24-41/h1-38H. The molecule has 0 spiro atoms. The van der Waals surface area contributed by atoms with Crippen LogP contribution < -0.4 is 20.7 Å². The van der Waals surface area contributed by atoms with Crippen LogP contribution in [0.4, 0.5) is 0 Å². The fourth-order valence-electron chi connectivity index (χ4n) is 10.6. The number of aromatic nitrogens is 4. The molecule has 4 heterocycles. The van der Waals surface area contributed by atoms with Crippen LogP contribution in [-0.4, -0.2) is 27.2 Å². The molecule has 1 aliphatic rings. The predicted octanol–water partition coefficient (Wildman–Crippen LogP) is 11.4. The molecule has 0 fully saturated rings. The molecule has 0 aliphatic carbocycles. The molecule has 13 rings (SSSR count). The first-order valence-electron chi connectivity index (χ1n) is 21.6. The van der Waals surface area contributed by atoms with E-state index in [2.05, 4.69) is 240 Å². The Balaban J connectivity index is 1.11. The van der Waals surface area contributed by atoms with Gasteiger partial charge in [0.25, 0.3) is 0 Å². The van der Waals surface area contributed by atoms with Gasteiger partial charge in [-0.05, 0) is 64.1 Å². The van der Waals surface area contributed by atoms with Crippen LogP contribution in [0, 0.1) is 0 Å². The maximum absolute atomic E-state index is 5.68. The summed E-state index contributed by atoms with van der Waals surface area (Å²) in [5, 5.41) is 10.1. The second kappa shape index (κ2) is 14.0. The lowest BCUT2D eigenvalue weighted by Gasteiger charge is -2.32. The van der Waals surface area contributed by atoms with E-state index in [4.69, 9.17) is 9.97 Å². The van der Waals surface area contributed by atoms with E-state index in [1.807, 2.05) is 0 Å². The van der Waals surface area contributed by atoms with Crippen molar-refractivity contribution in [2.24, 2.45) is 0 Å². The number of hydrogen-bond acceptors (Lipinski definition) is 2.